The number of hydrogen-bond donors (Lipinski definition) is 1. The summed E-state index contributed by atoms with van der Waals surface area (Å²) in [6, 6.07) is 10.8. The number of pyridine rings is 1. The quantitative estimate of drug-likeness (QED) is 0.337. The fraction of sp³-hybridized carbons (Fsp3) is 0.105. The number of aryl methyl sites for hydroxylation is 2. The van der Waals surface area contributed by atoms with Crippen molar-refractivity contribution in [2.75, 3.05) is 0 Å². The molecule has 0 saturated carbocycles. The SMILES string of the molecule is Cc1ccc2[nH+][c-](C)c(C(=O)[C-]3C=[S+][C-](c4cccnc4)[NH2+]3)c2c1. The maximum atomic E-state index is 13.1. The Bertz CT molecular complexity index is 946. The van der Waals surface area contributed by atoms with Crippen LogP contribution < -0.4 is 10.3 Å². The molecule has 3 heterocycles. The number of ketones is 1. The van der Waals surface area contributed by atoms with Crippen LogP contribution in [0.15, 0.2) is 42.7 Å². The van der Waals surface area contributed by atoms with Crippen LogP contribution in [0.25, 0.3) is 10.9 Å². The first-order valence-electron chi connectivity index (χ1n) is 7.76. The number of benzene rings is 1. The Labute approximate surface area is 144 Å². The predicted octanol–water partition coefficient (Wildman–Crippen LogP) is 1.10. The topological polar surface area (TPSA) is 60.7 Å². The third-order valence-corrected chi connectivity index (χ3v) is 5.16. The summed E-state index contributed by atoms with van der Waals surface area (Å²) in [7, 11) is 0. The maximum Gasteiger partial charge on any atom is 0.277 e. The summed E-state index contributed by atoms with van der Waals surface area (Å²) >= 11 is 1.57. The van der Waals surface area contributed by atoms with Gasteiger partial charge in [-0.1, -0.05) is 23.9 Å². The standard InChI is InChI=1S/C19H17N3OS/c1-11-5-6-15-14(8-11)17(12(2)21-15)18(23)16-10-24-19(22-16)13-4-3-7-20-9-13/h3-10,21H,22H2,1-2H3. The minimum absolute atomic E-state index is 0.0655. The van der Waals surface area contributed by atoms with Crippen LogP contribution in [0.1, 0.15) is 27.2 Å². The number of nitrogens with two attached hydrogens (primary N) is 1. The zero-order valence-corrected chi connectivity index (χ0v) is 14.3. The van der Waals surface area contributed by atoms with Crippen molar-refractivity contribution in [3.05, 3.63) is 76.5 Å². The minimum atomic E-state index is 0.0655. The minimum Gasteiger partial charge on any atom is -0.382 e. The summed E-state index contributed by atoms with van der Waals surface area (Å²) in [6.45, 7) is 4.00. The van der Waals surface area contributed by atoms with E-state index in [1.807, 2.05) is 48.9 Å². The van der Waals surface area contributed by atoms with E-state index in [-0.39, 0.29) is 5.78 Å². The molecule has 0 fully saturated rings. The molecule has 0 saturated heterocycles. The maximum absolute atomic E-state index is 13.1. The van der Waals surface area contributed by atoms with Gasteiger partial charge in [0.15, 0.2) is 16.7 Å². The number of quaternary nitrogens is 1. The molecule has 0 aliphatic carbocycles. The summed E-state index contributed by atoms with van der Waals surface area (Å²) in [4.78, 5) is 20.5. The number of nitrogens with one attached hydrogen (secondary N) is 1. The van der Waals surface area contributed by atoms with Gasteiger partial charge in [0.05, 0.1) is 5.52 Å². The number of hydrogen-bond acceptors (Lipinski definition) is 2. The first-order valence-corrected chi connectivity index (χ1v) is 8.64. The lowest BCUT2D eigenvalue weighted by Gasteiger charge is -2.19. The second-order valence-corrected chi connectivity index (χ2v) is 6.86. The van der Waals surface area contributed by atoms with Crippen LogP contribution in [-0.2, 0) is 11.4 Å². The Hall–Kier alpha value is -2.63. The van der Waals surface area contributed by atoms with E-state index in [9.17, 15) is 4.79 Å². The molecule has 0 spiro atoms. The summed E-state index contributed by atoms with van der Waals surface area (Å²) in [5, 5.41) is 5.93. The average Bonchev–Trinajstić information content (AvgIpc) is 3.19. The predicted molar refractivity (Wildman–Crippen MR) is 95.1 cm³/mol. The number of rotatable bonds is 3. The second kappa shape index (κ2) is 5.78. The van der Waals surface area contributed by atoms with E-state index in [0.29, 0.717) is 0 Å². The van der Waals surface area contributed by atoms with Crippen molar-refractivity contribution < 1.29 is 15.1 Å². The third kappa shape index (κ3) is 2.48. The largest absolute Gasteiger partial charge is 0.382 e. The number of aromatic amines is 1. The zero-order valence-electron chi connectivity index (χ0n) is 13.5. The van der Waals surface area contributed by atoms with Crippen LogP contribution in [-0.4, -0.2) is 16.1 Å². The highest BCUT2D eigenvalue weighted by atomic mass is 32.1. The molecule has 0 bridgehead atoms. The van der Waals surface area contributed by atoms with E-state index in [4.69, 9.17) is 0 Å². The van der Waals surface area contributed by atoms with Gasteiger partial charge in [-0.15, -0.1) is 17.5 Å². The lowest BCUT2D eigenvalue weighted by atomic mass is 10.0. The summed E-state index contributed by atoms with van der Waals surface area (Å²) in [5.74, 6) is 0.0655. The molecule has 120 valence electrons. The van der Waals surface area contributed by atoms with Gasteiger partial charge in [0.25, 0.3) is 5.37 Å². The molecular weight excluding hydrogens is 318 g/mol. The van der Waals surface area contributed by atoms with Crippen LogP contribution in [0, 0.1) is 25.3 Å². The van der Waals surface area contributed by atoms with Crippen molar-refractivity contribution in [2.24, 2.45) is 0 Å². The fourth-order valence-corrected chi connectivity index (χ4v) is 3.87. The normalized spacial score (nSPS) is 13.9. The number of aromatic nitrogens is 2. The Balaban J connectivity index is 1.65. The first kappa shape index (κ1) is 14.9. The number of Topliss-reactive ketones (excluding diaryl/α,β-unsaturated/α-hetero) is 1. The molecule has 0 atom stereocenters. The van der Waals surface area contributed by atoms with Crippen molar-refractivity contribution >= 4 is 33.4 Å². The van der Waals surface area contributed by atoms with E-state index < -0.39 is 0 Å². The number of fused-ring (bicyclic) bond motifs is 1. The smallest absolute Gasteiger partial charge is 0.277 e. The Morgan fingerprint density at radius 1 is 1.33 bits per heavy atom. The van der Waals surface area contributed by atoms with Gasteiger partial charge >= 0.3 is 0 Å². The molecule has 1 aliphatic heterocycles. The van der Waals surface area contributed by atoms with Gasteiger partial charge < -0.3 is 20.1 Å². The molecule has 0 unspecified atom stereocenters. The third-order valence-electron chi connectivity index (χ3n) is 4.18. The summed E-state index contributed by atoms with van der Waals surface area (Å²) in [6.07, 6.45) is 3.57. The number of carbonyl (C=O) groups is 1. The van der Waals surface area contributed by atoms with Crippen LogP contribution in [0.2, 0.25) is 0 Å². The average molecular weight is 335 g/mol. The molecule has 0 radical (unpaired) electrons. The van der Waals surface area contributed by atoms with Crippen molar-refractivity contribution in [1.29, 1.82) is 0 Å². The molecule has 3 aromatic rings. The van der Waals surface area contributed by atoms with Gasteiger partial charge in [0, 0.05) is 17.5 Å². The van der Waals surface area contributed by atoms with Crippen molar-refractivity contribution in [3.63, 3.8) is 0 Å². The highest BCUT2D eigenvalue weighted by molar-refractivity contribution is 7.81. The molecule has 1 aromatic carbocycles. The molecule has 5 heteroatoms. The number of nitrogens with zero attached hydrogens (tertiary/aromatic N) is 1. The van der Waals surface area contributed by atoms with Crippen LogP contribution in [0.3, 0.4) is 0 Å². The van der Waals surface area contributed by atoms with E-state index in [1.165, 1.54) is 0 Å². The van der Waals surface area contributed by atoms with Crippen molar-refractivity contribution in [2.45, 2.75) is 13.8 Å². The van der Waals surface area contributed by atoms with Crippen LogP contribution >= 0.6 is 0 Å². The van der Waals surface area contributed by atoms with Crippen LogP contribution in [0.5, 0.6) is 0 Å². The molecule has 24 heavy (non-hydrogen) atoms. The lowest BCUT2D eigenvalue weighted by Crippen LogP contribution is -2.86. The van der Waals surface area contributed by atoms with Gasteiger partial charge in [-0.05, 0) is 31.7 Å². The Morgan fingerprint density at radius 2 is 2.21 bits per heavy atom. The Kier molecular flexibility index (Phi) is 3.59. The van der Waals surface area contributed by atoms with Gasteiger partial charge in [-0.3, -0.25) is 0 Å². The summed E-state index contributed by atoms with van der Waals surface area (Å²) in [5.41, 5.74) is 4.87. The molecule has 1 aliphatic rings. The van der Waals surface area contributed by atoms with Gasteiger partial charge in [-0.2, -0.15) is 5.56 Å². The van der Waals surface area contributed by atoms with Gasteiger partial charge in [0.1, 0.15) is 0 Å². The van der Waals surface area contributed by atoms with E-state index >= 15 is 0 Å². The van der Waals surface area contributed by atoms with Crippen LogP contribution in [0.4, 0.5) is 0 Å². The number of carbonyl (C=O) groups excluding carboxylic acids is 1. The lowest BCUT2D eigenvalue weighted by molar-refractivity contribution is -0.580. The molecule has 4 nitrogen and oxygen atoms in total. The molecular formula is C19H17N3OS. The van der Waals surface area contributed by atoms with Gasteiger partial charge in [0.2, 0.25) is 0 Å². The highest BCUT2D eigenvalue weighted by Gasteiger charge is 2.29. The number of H-pyrrole nitrogens is 1. The molecule has 3 N–H and O–H groups in total. The van der Waals surface area contributed by atoms with E-state index in [1.54, 1.807) is 17.5 Å². The highest BCUT2D eigenvalue weighted by Crippen LogP contribution is 2.23. The monoisotopic (exact) mass is 335 g/mol. The zero-order chi connectivity index (χ0) is 16.7. The molecule has 2 aromatic heterocycles. The summed E-state index contributed by atoms with van der Waals surface area (Å²) < 4.78 is 0. The molecule has 0 amide bonds. The van der Waals surface area contributed by atoms with Crippen molar-refractivity contribution in [3.8, 4) is 0 Å². The van der Waals surface area contributed by atoms with E-state index in [2.05, 4.69) is 22.1 Å². The van der Waals surface area contributed by atoms with Gasteiger partial charge in [-0.25, -0.2) is 0 Å². The first-order chi connectivity index (χ1) is 11.6. The molecule has 4 rings (SSSR count). The second-order valence-electron chi connectivity index (χ2n) is 5.94. The van der Waals surface area contributed by atoms with E-state index in [0.717, 1.165) is 44.7 Å². The Morgan fingerprint density at radius 3 is 3.00 bits per heavy atom. The fourth-order valence-electron chi connectivity index (χ4n) is 2.99. The van der Waals surface area contributed by atoms with Crippen molar-refractivity contribution in [1.82, 2.24) is 4.98 Å².